The highest BCUT2D eigenvalue weighted by Gasteiger charge is 2.05. The number of hydrogen-bond acceptors (Lipinski definition) is 3. The number of unbranched alkanes of at least 4 members (excludes halogenated alkanes) is 1. The molecule has 1 heterocycles. The Morgan fingerprint density at radius 3 is 3.06 bits per heavy atom. The van der Waals surface area contributed by atoms with Crippen LogP contribution in [0.2, 0.25) is 0 Å². The Hall–Kier alpha value is -1.84. The van der Waals surface area contributed by atoms with E-state index in [2.05, 4.69) is 23.8 Å². The predicted octanol–water partition coefficient (Wildman–Crippen LogP) is 2.56. The van der Waals surface area contributed by atoms with E-state index in [1.165, 1.54) is 4.85 Å². The predicted molar refractivity (Wildman–Crippen MR) is 62.8 cm³/mol. The van der Waals surface area contributed by atoms with Crippen LogP contribution in [0, 0.1) is 0 Å². The number of fused-ring (bicyclic) bond motifs is 1. The molecule has 84 valence electrons. The quantitative estimate of drug-likeness (QED) is 0.722. The molecule has 2 aromatic rings. The maximum atomic E-state index is 5.52. The third-order valence-electron chi connectivity index (χ3n) is 2.35. The normalized spacial score (nSPS) is 10.6. The van der Waals surface area contributed by atoms with Gasteiger partial charge in [-0.3, -0.25) is 0 Å². The van der Waals surface area contributed by atoms with Crippen molar-refractivity contribution in [3.05, 3.63) is 36.6 Å². The van der Waals surface area contributed by atoms with Crippen LogP contribution in [-0.2, 0) is 0 Å². The van der Waals surface area contributed by atoms with Crippen LogP contribution in [0.4, 0.5) is 0 Å². The van der Waals surface area contributed by atoms with Gasteiger partial charge in [-0.15, -0.1) is 5.10 Å². The van der Waals surface area contributed by atoms with E-state index in [-0.39, 0.29) is 0 Å². The maximum absolute atomic E-state index is 5.52. The molecule has 0 fully saturated rings. The second kappa shape index (κ2) is 4.79. The van der Waals surface area contributed by atoms with Crippen molar-refractivity contribution >= 4 is 11.0 Å². The fourth-order valence-corrected chi connectivity index (χ4v) is 1.46. The van der Waals surface area contributed by atoms with E-state index in [0.29, 0.717) is 0 Å². The van der Waals surface area contributed by atoms with Gasteiger partial charge >= 0.3 is 0 Å². The van der Waals surface area contributed by atoms with Crippen molar-refractivity contribution < 1.29 is 4.84 Å². The van der Waals surface area contributed by atoms with Crippen LogP contribution in [0.3, 0.4) is 0 Å². The largest absolute Gasteiger partial charge is 0.361 e. The van der Waals surface area contributed by atoms with Gasteiger partial charge in [0.25, 0.3) is 0 Å². The van der Waals surface area contributed by atoms with Gasteiger partial charge in [0.05, 0.1) is 0 Å². The summed E-state index contributed by atoms with van der Waals surface area (Å²) in [5, 5.41) is 7.93. The number of nitrogens with zero attached hydrogens (tertiary/aromatic N) is 3. The summed E-state index contributed by atoms with van der Waals surface area (Å²) >= 11 is 0. The highest BCUT2D eigenvalue weighted by molar-refractivity contribution is 5.73. The van der Waals surface area contributed by atoms with Gasteiger partial charge in [0.15, 0.2) is 0 Å². The summed E-state index contributed by atoms with van der Waals surface area (Å²) < 4.78 is 0. The summed E-state index contributed by atoms with van der Waals surface area (Å²) in [6.07, 6.45) is 3.05. The van der Waals surface area contributed by atoms with E-state index >= 15 is 0 Å². The molecular weight excluding hydrogens is 202 g/mol. The van der Waals surface area contributed by atoms with Gasteiger partial charge in [-0.2, -0.15) is 0 Å². The minimum Gasteiger partial charge on any atom is -0.361 e. The van der Waals surface area contributed by atoms with Crippen molar-refractivity contribution in [3.8, 4) is 0 Å². The van der Waals surface area contributed by atoms with E-state index in [0.717, 1.165) is 36.1 Å². The lowest BCUT2D eigenvalue weighted by molar-refractivity contribution is 0.144. The number of para-hydroxylation sites is 1. The Morgan fingerprint density at radius 2 is 2.25 bits per heavy atom. The van der Waals surface area contributed by atoms with Gasteiger partial charge in [-0.05, 0) is 23.8 Å². The van der Waals surface area contributed by atoms with Crippen LogP contribution in [0.1, 0.15) is 26.2 Å². The molecule has 16 heavy (non-hydrogen) atoms. The Balaban J connectivity index is 2.12. The lowest BCUT2D eigenvalue weighted by Crippen LogP contribution is -2.12. The third kappa shape index (κ3) is 2.21. The molecule has 0 bridgehead atoms. The molecule has 0 aliphatic heterocycles. The molecule has 2 rings (SSSR count). The van der Waals surface area contributed by atoms with Gasteiger partial charge < -0.3 is 4.84 Å². The molecule has 0 aliphatic carbocycles. The molecule has 4 nitrogen and oxygen atoms in total. The number of hydrogen-bond donors (Lipinski definition) is 0. The molecule has 0 radical (unpaired) electrons. The van der Waals surface area contributed by atoms with Crippen molar-refractivity contribution in [2.75, 3.05) is 0 Å². The first-order chi connectivity index (χ1) is 7.81. The van der Waals surface area contributed by atoms with Crippen LogP contribution in [0.15, 0.2) is 36.6 Å². The average molecular weight is 217 g/mol. The summed E-state index contributed by atoms with van der Waals surface area (Å²) in [5.74, 6) is 0.720. The molecule has 0 saturated heterocycles. The van der Waals surface area contributed by atoms with Crippen LogP contribution in [0.5, 0.6) is 0 Å². The van der Waals surface area contributed by atoms with Crippen molar-refractivity contribution in [2.24, 2.45) is 0 Å². The van der Waals surface area contributed by atoms with Gasteiger partial charge in [-0.1, -0.05) is 36.9 Å². The van der Waals surface area contributed by atoms with Crippen LogP contribution < -0.4 is 4.84 Å². The second-order valence-electron chi connectivity index (χ2n) is 3.68. The second-order valence-corrected chi connectivity index (χ2v) is 3.68. The molecule has 0 unspecified atom stereocenters. The third-order valence-corrected chi connectivity index (χ3v) is 2.35. The Bertz CT molecular complexity index is 490. The van der Waals surface area contributed by atoms with Crippen LogP contribution in [-0.4, -0.2) is 15.2 Å². The molecule has 1 aromatic heterocycles. The lowest BCUT2D eigenvalue weighted by Gasteiger charge is -2.06. The highest BCUT2D eigenvalue weighted by atomic mass is 16.7. The zero-order chi connectivity index (χ0) is 11.4. The smallest absolute Gasteiger partial charge is 0.131 e. The van der Waals surface area contributed by atoms with E-state index in [1.807, 2.05) is 24.3 Å². The zero-order valence-corrected chi connectivity index (χ0v) is 9.39. The van der Waals surface area contributed by atoms with Crippen molar-refractivity contribution in [1.29, 1.82) is 0 Å². The summed E-state index contributed by atoms with van der Waals surface area (Å²) in [4.78, 5) is 6.94. The minimum absolute atomic E-state index is 0.720. The van der Waals surface area contributed by atoms with Crippen molar-refractivity contribution in [2.45, 2.75) is 26.2 Å². The molecule has 1 aromatic carbocycles. The maximum Gasteiger partial charge on any atom is 0.131 e. The summed E-state index contributed by atoms with van der Waals surface area (Å²) in [5.41, 5.74) is 1.69. The molecule has 0 amide bonds. The number of rotatable bonds is 5. The number of allylic oxidation sites excluding steroid dienone is 1. The fourth-order valence-electron chi connectivity index (χ4n) is 1.46. The summed E-state index contributed by atoms with van der Waals surface area (Å²) in [7, 11) is 0. The summed E-state index contributed by atoms with van der Waals surface area (Å²) in [6, 6.07) is 7.67. The lowest BCUT2D eigenvalue weighted by atomic mass is 10.2. The molecule has 0 N–H and O–H groups in total. The van der Waals surface area contributed by atoms with Gasteiger partial charge in [0.1, 0.15) is 16.8 Å². The SMILES string of the molecule is C=C(CCCC)On1nnc2ccccc21. The first-order valence-electron chi connectivity index (χ1n) is 5.48. The Kier molecular flexibility index (Phi) is 3.19. The van der Waals surface area contributed by atoms with Gasteiger partial charge in [0, 0.05) is 6.42 Å². The number of aromatic nitrogens is 3. The molecule has 0 spiro atoms. The minimum atomic E-state index is 0.720. The average Bonchev–Trinajstić information content (AvgIpc) is 2.70. The topological polar surface area (TPSA) is 39.9 Å². The van der Waals surface area contributed by atoms with Gasteiger partial charge in [0.2, 0.25) is 0 Å². The van der Waals surface area contributed by atoms with Crippen LogP contribution >= 0.6 is 0 Å². The number of benzene rings is 1. The Labute approximate surface area is 94.5 Å². The van der Waals surface area contributed by atoms with Crippen molar-refractivity contribution in [3.63, 3.8) is 0 Å². The monoisotopic (exact) mass is 217 g/mol. The first kappa shape index (κ1) is 10.7. The first-order valence-corrected chi connectivity index (χ1v) is 5.48. The fraction of sp³-hybridized carbons (Fsp3) is 0.333. The zero-order valence-electron chi connectivity index (χ0n) is 9.39. The van der Waals surface area contributed by atoms with E-state index in [1.54, 1.807) is 0 Å². The molecular formula is C12H15N3O. The molecule has 0 atom stereocenters. The standard InChI is InChI=1S/C12H15N3O/c1-3-4-7-10(2)16-15-12-9-6-5-8-11(12)13-14-15/h5-6,8-9H,2-4,7H2,1H3. The van der Waals surface area contributed by atoms with E-state index < -0.39 is 0 Å². The van der Waals surface area contributed by atoms with E-state index in [4.69, 9.17) is 4.84 Å². The van der Waals surface area contributed by atoms with E-state index in [9.17, 15) is 0 Å². The molecule has 4 heteroatoms. The van der Waals surface area contributed by atoms with Gasteiger partial charge in [-0.25, -0.2) is 0 Å². The Morgan fingerprint density at radius 1 is 1.44 bits per heavy atom. The molecule has 0 aliphatic rings. The highest BCUT2D eigenvalue weighted by Crippen LogP contribution is 2.10. The summed E-state index contributed by atoms with van der Waals surface area (Å²) in [6.45, 7) is 6.00. The molecule has 0 saturated carbocycles. The van der Waals surface area contributed by atoms with Crippen LogP contribution in [0.25, 0.3) is 11.0 Å². The van der Waals surface area contributed by atoms with Crippen molar-refractivity contribution in [1.82, 2.24) is 15.2 Å².